The van der Waals surface area contributed by atoms with Crippen LogP contribution in [0.2, 0.25) is 0 Å². The van der Waals surface area contributed by atoms with Crippen LogP contribution < -0.4 is 0 Å². The molecule has 0 atom stereocenters. The van der Waals surface area contributed by atoms with E-state index in [0.29, 0.717) is 21.7 Å². The van der Waals surface area contributed by atoms with Gasteiger partial charge in [0.15, 0.2) is 0 Å². The first-order valence-corrected chi connectivity index (χ1v) is 8.52. The minimum atomic E-state index is 0.426. The third-order valence-corrected chi connectivity index (χ3v) is 4.34. The molecule has 0 rings (SSSR count). The summed E-state index contributed by atoms with van der Waals surface area (Å²) in [5.74, 6) is 0.810. The van der Waals surface area contributed by atoms with Gasteiger partial charge in [-0.05, 0) is 53.3 Å². The average Bonchev–Trinajstić information content (AvgIpc) is 2.08. The maximum Gasteiger partial charge on any atom is -0.0325 e. The molecule has 0 aromatic heterocycles. The van der Waals surface area contributed by atoms with Crippen molar-refractivity contribution in [2.24, 2.45) is 27.6 Å². The monoisotopic (exact) mass is 282 g/mol. The van der Waals surface area contributed by atoms with E-state index in [1.165, 1.54) is 25.7 Å². The summed E-state index contributed by atoms with van der Waals surface area (Å²) in [6, 6.07) is 0. The number of hydrogen-bond acceptors (Lipinski definition) is 0. The predicted molar refractivity (Wildman–Crippen MR) is 94.1 cm³/mol. The standard InChI is InChI=1S/C20H42/c1-17(2,3)12-13-20(10,11)16(14-18(4,5)6)15-19(7,8)9/h16H,12-15H2,1-11H3. The van der Waals surface area contributed by atoms with Gasteiger partial charge in [-0.3, -0.25) is 0 Å². The van der Waals surface area contributed by atoms with E-state index in [9.17, 15) is 0 Å². The molecule has 0 saturated carbocycles. The van der Waals surface area contributed by atoms with Gasteiger partial charge in [-0.15, -0.1) is 0 Å². The third kappa shape index (κ3) is 9.83. The van der Waals surface area contributed by atoms with Crippen molar-refractivity contribution < 1.29 is 0 Å². The maximum atomic E-state index is 2.50. The van der Waals surface area contributed by atoms with Gasteiger partial charge in [-0.2, -0.15) is 0 Å². The molecular weight excluding hydrogens is 240 g/mol. The highest BCUT2D eigenvalue weighted by Gasteiger charge is 2.35. The van der Waals surface area contributed by atoms with Gasteiger partial charge in [-0.25, -0.2) is 0 Å². The fourth-order valence-corrected chi connectivity index (χ4v) is 3.00. The van der Waals surface area contributed by atoms with Crippen molar-refractivity contribution in [3.63, 3.8) is 0 Å². The first kappa shape index (κ1) is 20.0. The maximum absolute atomic E-state index is 2.50. The molecule has 0 heteroatoms. The van der Waals surface area contributed by atoms with Crippen LogP contribution >= 0.6 is 0 Å². The molecule has 0 aromatic rings. The highest BCUT2D eigenvalue weighted by Crippen LogP contribution is 2.46. The molecule has 0 bridgehead atoms. The molecule has 0 N–H and O–H groups in total. The van der Waals surface area contributed by atoms with Gasteiger partial charge in [0.2, 0.25) is 0 Å². The Bertz CT molecular complexity index is 259. The van der Waals surface area contributed by atoms with Crippen LogP contribution in [0.3, 0.4) is 0 Å². The molecule has 0 amide bonds. The second-order valence-electron chi connectivity index (χ2n) is 11.3. The highest BCUT2D eigenvalue weighted by molar-refractivity contribution is 4.86. The Morgan fingerprint density at radius 3 is 1.10 bits per heavy atom. The van der Waals surface area contributed by atoms with Crippen LogP contribution in [0, 0.1) is 27.6 Å². The van der Waals surface area contributed by atoms with Crippen molar-refractivity contribution in [3.8, 4) is 0 Å². The van der Waals surface area contributed by atoms with Gasteiger partial charge in [-0.1, -0.05) is 76.2 Å². The van der Waals surface area contributed by atoms with Gasteiger partial charge in [0.05, 0.1) is 0 Å². The zero-order valence-corrected chi connectivity index (χ0v) is 16.4. The largest absolute Gasteiger partial charge is 0.0602 e. The lowest BCUT2D eigenvalue weighted by molar-refractivity contribution is 0.0820. The molecule has 0 aliphatic carbocycles. The third-order valence-electron chi connectivity index (χ3n) is 4.34. The van der Waals surface area contributed by atoms with Crippen LogP contribution in [-0.4, -0.2) is 0 Å². The Labute approximate surface area is 130 Å². The fraction of sp³-hybridized carbons (Fsp3) is 1.00. The van der Waals surface area contributed by atoms with E-state index in [4.69, 9.17) is 0 Å². The van der Waals surface area contributed by atoms with E-state index < -0.39 is 0 Å². The summed E-state index contributed by atoms with van der Waals surface area (Å²) in [7, 11) is 0. The smallest absolute Gasteiger partial charge is 0.0325 e. The van der Waals surface area contributed by atoms with E-state index in [2.05, 4.69) is 76.2 Å². The zero-order chi connectivity index (χ0) is 16.4. The Morgan fingerprint density at radius 1 is 0.500 bits per heavy atom. The van der Waals surface area contributed by atoms with Gasteiger partial charge in [0, 0.05) is 0 Å². The lowest BCUT2D eigenvalue weighted by atomic mass is 9.63. The zero-order valence-electron chi connectivity index (χ0n) is 16.4. The van der Waals surface area contributed by atoms with Crippen LogP contribution in [0.4, 0.5) is 0 Å². The normalized spacial score (nSPS) is 15.0. The summed E-state index contributed by atoms with van der Waals surface area (Å²) < 4.78 is 0. The summed E-state index contributed by atoms with van der Waals surface area (Å²) in [5.41, 5.74) is 1.74. The van der Waals surface area contributed by atoms with E-state index in [1.807, 2.05) is 0 Å². The second-order valence-corrected chi connectivity index (χ2v) is 11.3. The molecule has 0 nitrogen and oxygen atoms in total. The molecule has 0 saturated heterocycles. The SMILES string of the molecule is CC(C)(C)CCC(C)(C)C(CC(C)(C)C)CC(C)(C)C. The van der Waals surface area contributed by atoms with Crippen molar-refractivity contribution in [1.29, 1.82) is 0 Å². The first-order valence-electron chi connectivity index (χ1n) is 8.52. The summed E-state index contributed by atoms with van der Waals surface area (Å²) in [6.07, 6.45) is 5.33. The van der Waals surface area contributed by atoms with E-state index >= 15 is 0 Å². The molecule has 0 aliphatic rings. The van der Waals surface area contributed by atoms with Crippen LogP contribution in [0.25, 0.3) is 0 Å². The lowest BCUT2D eigenvalue weighted by Crippen LogP contribution is -2.32. The number of hydrogen-bond donors (Lipinski definition) is 0. The lowest BCUT2D eigenvalue weighted by Gasteiger charge is -2.42. The molecule has 0 unspecified atom stereocenters. The summed E-state index contributed by atoms with van der Waals surface area (Å²) >= 11 is 0. The molecule has 0 radical (unpaired) electrons. The Morgan fingerprint density at radius 2 is 0.850 bits per heavy atom. The molecule has 122 valence electrons. The van der Waals surface area contributed by atoms with Crippen molar-refractivity contribution in [3.05, 3.63) is 0 Å². The van der Waals surface area contributed by atoms with Crippen molar-refractivity contribution in [1.82, 2.24) is 0 Å². The Hall–Kier alpha value is 0. The quantitative estimate of drug-likeness (QED) is 0.495. The summed E-state index contributed by atoms with van der Waals surface area (Å²) in [5, 5.41) is 0. The van der Waals surface area contributed by atoms with Gasteiger partial charge < -0.3 is 0 Å². The summed E-state index contributed by atoms with van der Waals surface area (Å²) in [4.78, 5) is 0. The second kappa shape index (κ2) is 6.41. The van der Waals surface area contributed by atoms with Crippen LogP contribution in [0.15, 0.2) is 0 Å². The molecular formula is C20H42. The average molecular weight is 283 g/mol. The van der Waals surface area contributed by atoms with Crippen molar-refractivity contribution >= 4 is 0 Å². The van der Waals surface area contributed by atoms with E-state index in [1.54, 1.807) is 0 Å². The Kier molecular flexibility index (Phi) is 6.41. The highest BCUT2D eigenvalue weighted by atomic mass is 14.4. The summed E-state index contributed by atoms with van der Waals surface area (Å²) in [6.45, 7) is 26.4. The Balaban J connectivity index is 4.98. The predicted octanol–water partition coefficient (Wildman–Crippen LogP) is 7.33. The van der Waals surface area contributed by atoms with E-state index in [-0.39, 0.29) is 0 Å². The molecule has 0 heterocycles. The first-order chi connectivity index (χ1) is 8.52. The van der Waals surface area contributed by atoms with Gasteiger partial charge >= 0.3 is 0 Å². The van der Waals surface area contributed by atoms with Crippen LogP contribution in [-0.2, 0) is 0 Å². The minimum absolute atomic E-state index is 0.426. The minimum Gasteiger partial charge on any atom is -0.0602 e. The molecule has 20 heavy (non-hydrogen) atoms. The topological polar surface area (TPSA) is 0 Å². The van der Waals surface area contributed by atoms with Crippen LogP contribution in [0.5, 0.6) is 0 Å². The molecule has 0 spiro atoms. The molecule has 0 aromatic carbocycles. The number of rotatable bonds is 5. The fourth-order valence-electron chi connectivity index (χ4n) is 3.00. The molecule has 0 fully saturated rings. The van der Waals surface area contributed by atoms with E-state index in [0.717, 1.165) is 5.92 Å². The van der Waals surface area contributed by atoms with Crippen molar-refractivity contribution in [2.45, 2.75) is 102 Å². The van der Waals surface area contributed by atoms with Gasteiger partial charge in [0.1, 0.15) is 0 Å². The van der Waals surface area contributed by atoms with Gasteiger partial charge in [0.25, 0.3) is 0 Å². The molecule has 0 aliphatic heterocycles. The van der Waals surface area contributed by atoms with Crippen molar-refractivity contribution in [2.75, 3.05) is 0 Å². The van der Waals surface area contributed by atoms with Crippen LogP contribution in [0.1, 0.15) is 102 Å².